The van der Waals surface area contributed by atoms with Crippen LogP contribution in [0.3, 0.4) is 0 Å². The number of hydrogen-bond acceptors (Lipinski definition) is 3. The third-order valence-electron chi connectivity index (χ3n) is 3.09. The molecule has 1 aliphatic heterocycles. The molecule has 1 aliphatic rings. The molecule has 0 atom stereocenters. The summed E-state index contributed by atoms with van der Waals surface area (Å²) in [4.78, 5) is 11.9. The fourth-order valence-electron chi connectivity index (χ4n) is 1.97. The summed E-state index contributed by atoms with van der Waals surface area (Å²) in [7, 11) is 0. The highest BCUT2D eigenvalue weighted by Crippen LogP contribution is 2.23. The summed E-state index contributed by atoms with van der Waals surface area (Å²) in [6.45, 7) is 2.36. The molecule has 0 unspecified atom stereocenters. The number of carbonyl (C=O) groups is 1. The first-order chi connectivity index (χ1) is 9.66. The minimum atomic E-state index is -0.115. The number of amides is 1. The normalized spacial score (nSPS) is 16.1. The van der Waals surface area contributed by atoms with Gasteiger partial charge >= 0.3 is 0 Å². The van der Waals surface area contributed by atoms with Crippen LogP contribution in [0.15, 0.2) is 18.2 Å². The first-order valence-electron chi connectivity index (χ1n) is 6.59. The fourth-order valence-corrected chi connectivity index (χ4v) is 3.35. The average molecular weight is 334 g/mol. The smallest absolute Gasteiger partial charge is 0.251 e. The van der Waals surface area contributed by atoms with Gasteiger partial charge in [0.2, 0.25) is 0 Å². The molecule has 1 aromatic rings. The van der Waals surface area contributed by atoms with E-state index in [9.17, 15) is 4.79 Å². The van der Waals surface area contributed by atoms with Gasteiger partial charge in [-0.15, -0.1) is 0 Å². The van der Waals surface area contributed by atoms with Gasteiger partial charge < -0.3 is 10.1 Å². The van der Waals surface area contributed by atoms with Crippen LogP contribution in [0.5, 0.6) is 0 Å². The van der Waals surface area contributed by atoms with Crippen LogP contribution in [-0.4, -0.2) is 36.7 Å². The third-order valence-corrected chi connectivity index (χ3v) is 5.21. The zero-order valence-corrected chi connectivity index (χ0v) is 13.4. The van der Waals surface area contributed by atoms with Crippen molar-refractivity contribution in [2.24, 2.45) is 0 Å². The molecular weight excluding hydrogens is 317 g/mol. The molecule has 1 fully saturated rings. The van der Waals surface area contributed by atoms with E-state index in [0.29, 0.717) is 27.4 Å². The Hall–Kier alpha value is -0.420. The van der Waals surface area contributed by atoms with Gasteiger partial charge in [0.25, 0.3) is 5.91 Å². The van der Waals surface area contributed by atoms with Crippen LogP contribution in [0.25, 0.3) is 0 Å². The zero-order chi connectivity index (χ0) is 14.4. The zero-order valence-electron chi connectivity index (χ0n) is 11.0. The fraction of sp³-hybridized carbons (Fsp3) is 0.500. The highest BCUT2D eigenvalue weighted by Gasteiger charge is 2.14. The van der Waals surface area contributed by atoms with Crippen LogP contribution in [-0.2, 0) is 4.74 Å². The van der Waals surface area contributed by atoms with E-state index >= 15 is 0 Å². The highest BCUT2D eigenvalue weighted by atomic mass is 35.5. The molecule has 2 rings (SSSR count). The van der Waals surface area contributed by atoms with Gasteiger partial charge in [-0.25, -0.2) is 0 Å². The molecule has 110 valence electrons. The summed E-state index contributed by atoms with van der Waals surface area (Å²) < 4.78 is 5.32. The molecular formula is C14H17Cl2NO2S. The molecule has 1 aromatic carbocycles. The van der Waals surface area contributed by atoms with Crippen molar-refractivity contribution in [1.82, 2.24) is 5.32 Å². The second kappa shape index (κ2) is 8.13. The minimum absolute atomic E-state index is 0.115. The molecule has 0 spiro atoms. The Morgan fingerprint density at radius 2 is 2.05 bits per heavy atom. The van der Waals surface area contributed by atoms with Crippen molar-refractivity contribution in [2.75, 3.05) is 25.5 Å². The lowest BCUT2D eigenvalue weighted by Gasteiger charge is -2.21. The van der Waals surface area contributed by atoms with E-state index < -0.39 is 0 Å². The van der Waals surface area contributed by atoms with Crippen molar-refractivity contribution in [2.45, 2.75) is 18.1 Å². The molecule has 0 aromatic heterocycles. The minimum Gasteiger partial charge on any atom is -0.381 e. The maximum Gasteiger partial charge on any atom is 0.251 e. The van der Waals surface area contributed by atoms with Gasteiger partial charge in [-0.3, -0.25) is 4.79 Å². The SMILES string of the molecule is O=C(NCCSC1CCOCC1)c1ccc(Cl)c(Cl)c1. The van der Waals surface area contributed by atoms with Crippen molar-refractivity contribution in [3.8, 4) is 0 Å². The Bertz CT molecular complexity index is 464. The van der Waals surface area contributed by atoms with E-state index in [4.69, 9.17) is 27.9 Å². The topological polar surface area (TPSA) is 38.3 Å². The number of thioether (sulfide) groups is 1. The summed E-state index contributed by atoms with van der Waals surface area (Å²) in [5.41, 5.74) is 0.537. The van der Waals surface area contributed by atoms with Gasteiger partial charge in [0, 0.05) is 36.3 Å². The van der Waals surface area contributed by atoms with Crippen molar-refractivity contribution in [3.05, 3.63) is 33.8 Å². The van der Waals surface area contributed by atoms with Crippen LogP contribution in [0, 0.1) is 0 Å². The maximum absolute atomic E-state index is 11.9. The summed E-state index contributed by atoms with van der Waals surface area (Å²) in [5.74, 6) is 0.800. The lowest BCUT2D eigenvalue weighted by molar-refractivity contribution is 0.0955. The van der Waals surface area contributed by atoms with Crippen molar-refractivity contribution >= 4 is 40.9 Å². The highest BCUT2D eigenvalue weighted by molar-refractivity contribution is 7.99. The largest absolute Gasteiger partial charge is 0.381 e. The quantitative estimate of drug-likeness (QED) is 0.836. The Morgan fingerprint density at radius 3 is 2.75 bits per heavy atom. The van der Waals surface area contributed by atoms with Crippen molar-refractivity contribution in [3.63, 3.8) is 0 Å². The standard InChI is InChI=1S/C14H17Cl2NO2S/c15-12-2-1-10(9-13(12)16)14(18)17-5-8-20-11-3-6-19-7-4-11/h1-2,9,11H,3-8H2,(H,17,18). The number of rotatable bonds is 5. The van der Waals surface area contributed by atoms with Crippen LogP contribution in [0.4, 0.5) is 0 Å². The van der Waals surface area contributed by atoms with Crippen LogP contribution in [0.2, 0.25) is 10.0 Å². The predicted molar refractivity (Wildman–Crippen MR) is 85.1 cm³/mol. The van der Waals surface area contributed by atoms with E-state index in [1.165, 1.54) is 0 Å². The number of benzene rings is 1. The predicted octanol–water partition coefficient (Wildman–Crippen LogP) is 3.64. The van der Waals surface area contributed by atoms with Gasteiger partial charge in [0.15, 0.2) is 0 Å². The Morgan fingerprint density at radius 1 is 1.30 bits per heavy atom. The molecule has 6 heteroatoms. The molecule has 20 heavy (non-hydrogen) atoms. The number of nitrogens with one attached hydrogen (secondary N) is 1. The first-order valence-corrected chi connectivity index (χ1v) is 8.40. The second-order valence-corrected chi connectivity index (χ2v) is 6.79. The van der Waals surface area contributed by atoms with E-state index in [1.807, 2.05) is 11.8 Å². The number of ether oxygens (including phenoxy) is 1. The molecule has 1 heterocycles. The first kappa shape index (κ1) is 16.0. The summed E-state index contributed by atoms with van der Waals surface area (Å²) in [5, 5.41) is 4.41. The molecule has 1 saturated heterocycles. The third kappa shape index (κ3) is 4.85. The second-order valence-electron chi connectivity index (χ2n) is 4.57. The van der Waals surface area contributed by atoms with Gasteiger partial charge in [-0.1, -0.05) is 23.2 Å². The van der Waals surface area contributed by atoms with Crippen molar-refractivity contribution < 1.29 is 9.53 Å². The van der Waals surface area contributed by atoms with E-state index in [1.54, 1.807) is 18.2 Å². The maximum atomic E-state index is 11.9. The summed E-state index contributed by atoms with van der Waals surface area (Å²) in [6.07, 6.45) is 2.21. The Kier molecular flexibility index (Phi) is 6.49. The number of hydrogen-bond donors (Lipinski definition) is 1. The van der Waals surface area contributed by atoms with E-state index in [0.717, 1.165) is 31.8 Å². The van der Waals surface area contributed by atoms with Gasteiger partial charge in [0.05, 0.1) is 10.0 Å². The lowest BCUT2D eigenvalue weighted by atomic mass is 10.2. The van der Waals surface area contributed by atoms with Gasteiger partial charge in [0.1, 0.15) is 0 Å². The molecule has 0 saturated carbocycles. The average Bonchev–Trinajstić information content (AvgIpc) is 2.47. The lowest BCUT2D eigenvalue weighted by Crippen LogP contribution is -2.27. The van der Waals surface area contributed by atoms with Gasteiger partial charge in [-0.05, 0) is 31.0 Å². The van der Waals surface area contributed by atoms with Crippen LogP contribution < -0.4 is 5.32 Å². The monoisotopic (exact) mass is 333 g/mol. The van der Waals surface area contributed by atoms with Crippen molar-refractivity contribution in [1.29, 1.82) is 0 Å². The molecule has 3 nitrogen and oxygen atoms in total. The van der Waals surface area contributed by atoms with Gasteiger partial charge in [-0.2, -0.15) is 11.8 Å². The Balaban J connectivity index is 1.70. The van der Waals surface area contributed by atoms with Crippen LogP contribution >= 0.6 is 35.0 Å². The Labute approximate surface area is 133 Å². The summed E-state index contributed by atoms with van der Waals surface area (Å²) in [6, 6.07) is 4.90. The molecule has 1 N–H and O–H groups in total. The molecule has 0 radical (unpaired) electrons. The summed E-state index contributed by atoms with van der Waals surface area (Å²) >= 11 is 13.6. The van der Waals surface area contributed by atoms with E-state index in [-0.39, 0.29) is 5.91 Å². The molecule has 1 amide bonds. The molecule has 0 bridgehead atoms. The number of halogens is 2. The van der Waals surface area contributed by atoms with E-state index in [2.05, 4.69) is 5.32 Å². The molecule has 0 aliphatic carbocycles. The number of carbonyl (C=O) groups excluding carboxylic acids is 1. The van der Waals surface area contributed by atoms with Crippen LogP contribution in [0.1, 0.15) is 23.2 Å².